The Morgan fingerprint density at radius 3 is 2.70 bits per heavy atom. The molecule has 1 aliphatic heterocycles. The van der Waals surface area contributed by atoms with Crippen molar-refractivity contribution < 1.29 is 4.39 Å². The maximum atomic E-state index is 14.1. The summed E-state index contributed by atoms with van der Waals surface area (Å²) in [5, 5.41) is 14.8. The van der Waals surface area contributed by atoms with Gasteiger partial charge in [-0.2, -0.15) is 5.26 Å². The molecule has 3 aromatic rings. The Hall–Kier alpha value is -2.97. The Morgan fingerprint density at radius 1 is 1.15 bits per heavy atom. The first-order chi connectivity index (χ1) is 13.1. The predicted molar refractivity (Wildman–Crippen MR) is 106 cm³/mol. The maximum Gasteiger partial charge on any atom is 0.141 e. The van der Waals surface area contributed by atoms with E-state index in [1.165, 1.54) is 12.1 Å². The minimum absolute atomic E-state index is 0.0633. The van der Waals surface area contributed by atoms with Crippen LogP contribution in [0.4, 0.5) is 10.1 Å². The van der Waals surface area contributed by atoms with Gasteiger partial charge in [-0.15, -0.1) is 0 Å². The standard InChI is InChI=1S/C22H21FN4/c1-27-8-5-19(6-9-27)26-22-12-18(10-16-4-7-25-14-20(16)22)15-2-3-17(13-24)21(23)11-15/h2-4,7,10-12,14,19,26H,5-6,8-9H2,1H3. The third-order valence-electron chi connectivity index (χ3n) is 5.26. The number of benzene rings is 2. The lowest BCUT2D eigenvalue weighted by Crippen LogP contribution is -2.36. The van der Waals surface area contributed by atoms with E-state index in [0.717, 1.165) is 53.5 Å². The average molecular weight is 360 g/mol. The van der Waals surface area contributed by atoms with E-state index in [9.17, 15) is 4.39 Å². The molecular formula is C22H21FN4. The van der Waals surface area contributed by atoms with Gasteiger partial charge in [-0.1, -0.05) is 6.07 Å². The van der Waals surface area contributed by atoms with Crippen molar-refractivity contribution >= 4 is 16.5 Å². The molecule has 1 fully saturated rings. The second-order valence-electron chi connectivity index (χ2n) is 7.15. The van der Waals surface area contributed by atoms with Gasteiger partial charge in [0.25, 0.3) is 0 Å². The Kier molecular flexibility index (Phi) is 4.74. The van der Waals surface area contributed by atoms with Crippen LogP contribution in [-0.2, 0) is 0 Å². The lowest BCUT2D eigenvalue weighted by atomic mass is 9.98. The largest absolute Gasteiger partial charge is 0.382 e. The van der Waals surface area contributed by atoms with Crippen LogP contribution in [0.5, 0.6) is 0 Å². The van der Waals surface area contributed by atoms with Crippen LogP contribution in [-0.4, -0.2) is 36.1 Å². The van der Waals surface area contributed by atoms with Crippen LogP contribution in [0.3, 0.4) is 0 Å². The topological polar surface area (TPSA) is 52.0 Å². The maximum absolute atomic E-state index is 14.1. The second kappa shape index (κ2) is 7.34. The molecule has 2 aromatic carbocycles. The van der Waals surface area contributed by atoms with Crippen LogP contribution in [0.25, 0.3) is 21.9 Å². The predicted octanol–water partition coefficient (Wildman–Crippen LogP) is 4.42. The quantitative estimate of drug-likeness (QED) is 0.751. The van der Waals surface area contributed by atoms with Gasteiger partial charge in [0.1, 0.15) is 11.9 Å². The summed E-state index contributed by atoms with van der Waals surface area (Å²) in [6, 6.07) is 13.1. The number of rotatable bonds is 3. The third kappa shape index (κ3) is 3.62. The number of nitrogens with zero attached hydrogens (tertiary/aromatic N) is 3. The van der Waals surface area contributed by atoms with E-state index < -0.39 is 5.82 Å². The molecule has 1 aliphatic rings. The van der Waals surface area contributed by atoms with E-state index in [0.29, 0.717) is 6.04 Å². The minimum atomic E-state index is -0.491. The smallest absolute Gasteiger partial charge is 0.141 e. The van der Waals surface area contributed by atoms with Crippen LogP contribution >= 0.6 is 0 Å². The van der Waals surface area contributed by atoms with Gasteiger partial charge < -0.3 is 10.2 Å². The van der Waals surface area contributed by atoms with E-state index in [1.54, 1.807) is 12.3 Å². The van der Waals surface area contributed by atoms with Gasteiger partial charge in [0, 0.05) is 29.5 Å². The van der Waals surface area contributed by atoms with E-state index >= 15 is 0 Å². The zero-order valence-electron chi connectivity index (χ0n) is 15.2. The van der Waals surface area contributed by atoms with Crippen LogP contribution in [0.15, 0.2) is 48.8 Å². The Bertz CT molecular complexity index is 1020. The number of fused-ring (bicyclic) bond motifs is 1. The number of hydrogen-bond acceptors (Lipinski definition) is 4. The number of hydrogen-bond donors (Lipinski definition) is 1. The minimum Gasteiger partial charge on any atom is -0.382 e. The molecule has 0 spiro atoms. The van der Waals surface area contributed by atoms with Gasteiger partial charge >= 0.3 is 0 Å². The first-order valence-corrected chi connectivity index (χ1v) is 9.17. The fourth-order valence-electron chi connectivity index (χ4n) is 3.64. The number of halogens is 1. The summed E-state index contributed by atoms with van der Waals surface area (Å²) >= 11 is 0. The zero-order valence-corrected chi connectivity index (χ0v) is 15.2. The van der Waals surface area contributed by atoms with E-state index in [4.69, 9.17) is 5.26 Å². The first kappa shape index (κ1) is 17.4. The monoisotopic (exact) mass is 360 g/mol. The van der Waals surface area contributed by atoms with E-state index in [1.807, 2.05) is 24.4 Å². The Morgan fingerprint density at radius 2 is 1.96 bits per heavy atom. The van der Waals surface area contributed by atoms with Gasteiger partial charge in [0.15, 0.2) is 0 Å². The van der Waals surface area contributed by atoms with Crippen molar-refractivity contribution in [3.63, 3.8) is 0 Å². The number of aromatic nitrogens is 1. The highest BCUT2D eigenvalue weighted by Crippen LogP contribution is 2.32. The van der Waals surface area contributed by atoms with Gasteiger partial charge in [-0.25, -0.2) is 4.39 Å². The van der Waals surface area contributed by atoms with Crippen molar-refractivity contribution in [3.8, 4) is 17.2 Å². The molecule has 0 unspecified atom stereocenters. The molecule has 4 nitrogen and oxygen atoms in total. The normalized spacial score (nSPS) is 15.6. The highest BCUT2D eigenvalue weighted by atomic mass is 19.1. The molecule has 0 aliphatic carbocycles. The Labute approximate surface area is 158 Å². The summed E-state index contributed by atoms with van der Waals surface area (Å²) in [6.07, 6.45) is 5.82. The number of piperidine rings is 1. The lowest BCUT2D eigenvalue weighted by molar-refractivity contribution is 0.264. The Balaban J connectivity index is 1.74. The molecule has 0 amide bonds. The second-order valence-corrected chi connectivity index (χ2v) is 7.15. The molecule has 2 heterocycles. The molecule has 0 saturated carbocycles. The van der Waals surface area contributed by atoms with Crippen LogP contribution in [0.1, 0.15) is 18.4 Å². The van der Waals surface area contributed by atoms with Crippen molar-refractivity contribution in [2.75, 3.05) is 25.5 Å². The van der Waals surface area contributed by atoms with Gasteiger partial charge in [0.2, 0.25) is 0 Å². The summed E-state index contributed by atoms with van der Waals surface area (Å²) in [6.45, 7) is 2.16. The van der Waals surface area contributed by atoms with E-state index in [2.05, 4.69) is 28.3 Å². The highest BCUT2D eigenvalue weighted by Gasteiger charge is 2.18. The zero-order chi connectivity index (χ0) is 18.8. The molecular weight excluding hydrogens is 339 g/mol. The fraction of sp³-hybridized carbons (Fsp3) is 0.273. The third-order valence-corrected chi connectivity index (χ3v) is 5.26. The van der Waals surface area contributed by atoms with Crippen LogP contribution < -0.4 is 5.32 Å². The van der Waals surface area contributed by atoms with Gasteiger partial charge in [0.05, 0.1) is 5.56 Å². The molecule has 4 rings (SSSR count). The molecule has 1 N–H and O–H groups in total. The molecule has 5 heteroatoms. The number of anilines is 1. The summed E-state index contributed by atoms with van der Waals surface area (Å²) < 4.78 is 14.1. The number of pyridine rings is 1. The van der Waals surface area contributed by atoms with Crippen molar-refractivity contribution in [1.29, 1.82) is 5.26 Å². The molecule has 0 atom stereocenters. The average Bonchev–Trinajstić information content (AvgIpc) is 2.69. The number of nitriles is 1. The van der Waals surface area contributed by atoms with Gasteiger partial charge in [-0.05, 0) is 79.8 Å². The summed E-state index contributed by atoms with van der Waals surface area (Å²) in [5.74, 6) is -0.491. The van der Waals surface area contributed by atoms with Crippen molar-refractivity contribution in [2.45, 2.75) is 18.9 Å². The molecule has 136 valence electrons. The molecule has 0 radical (unpaired) electrons. The lowest BCUT2D eigenvalue weighted by Gasteiger charge is -2.30. The molecule has 27 heavy (non-hydrogen) atoms. The van der Waals surface area contributed by atoms with Crippen molar-refractivity contribution in [2.24, 2.45) is 0 Å². The fourth-order valence-corrected chi connectivity index (χ4v) is 3.64. The van der Waals surface area contributed by atoms with Gasteiger partial charge in [-0.3, -0.25) is 4.98 Å². The SMILES string of the molecule is CN1CCC(Nc2cc(-c3ccc(C#N)c(F)c3)cc3ccncc23)CC1. The van der Waals surface area contributed by atoms with Crippen molar-refractivity contribution in [3.05, 3.63) is 60.2 Å². The molecule has 1 saturated heterocycles. The molecule has 1 aromatic heterocycles. The first-order valence-electron chi connectivity index (χ1n) is 9.17. The molecule has 0 bridgehead atoms. The van der Waals surface area contributed by atoms with Crippen molar-refractivity contribution in [1.82, 2.24) is 9.88 Å². The van der Waals surface area contributed by atoms with Crippen LogP contribution in [0.2, 0.25) is 0 Å². The summed E-state index contributed by atoms with van der Waals surface area (Å²) in [5.41, 5.74) is 2.77. The van der Waals surface area contributed by atoms with E-state index in [-0.39, 0.29) is 5.56 Å². The number of likely N-dealkylation sites (tertiary alicyclic amines) is 1. The van der Waals surface area contributed by atoms with Crippen LogP contribution in [0, 0.1) is 17.1 Å². The summed E-state index contributed by atoms with van der Waals surface area (Å²) in [7, 11) is 2.15. The summed E-state index contributed by atoms with van der Waals surface area (Å²) in [4.78, 5) is 6.61. The highest BCUT2D eigenvalue weighted by molar-refractivity contribution is 5.97. The number of nitrogens with one attached hydrogen (secondary N) is 1.